The topological polar surface area (TPSA) is 127 Å². The van der Waals surface area contributed by atoms with Crippen molar-refractivity contribution in [3.8, 4) is 0 Å². The number of carbonyl (C=O) groups is 3. The number of hydrogen-bond acceptors (Lipinski definition) is 4. The van der Waals surface area contributed by atoms with Crippen LogP contribution in [-0.2, 0) is 4.79 Å². The smallest absolute Gasteiger partial charge is 0.248 e. The molecule has 0 heterocycles. The van der Waals surface area contributed by atoms with Gasteiger partial charge in [-0.05, 0) is 25.2 Å². The van der Waals surface area contributed by atoms with Crippen molar-refractivity contribution in [3.05, 3.63) is 29.3 Å². The molecule has 0 aliphatic heterocycles. The van der Waals surface area contributed by atoms with E-state index in [2.05, 4.69) is 10.6 Å². The van der Waals surface area contributed by atoms with E-state index >= 15 is 0 Å². The average Bonchev–Trinajstić information content (AvgIpc) is 2.28. The van der Waals surface area contributed by atoms with E-state index < -0.39 is 11.8 Å². The van der Waals surface area contributed by atoms with Gasteiger partial charge in [0.15, 0.2) is 0 Å². The van der Waals surface area contributed by atoms with Crippen LogP contribution in [0.3, 0.4) is 0 Å². The molecule has 7 heteroatoms. The van der Waals surface area contributed by atoms with Gasteiger partial charge in [-0.2, -0.15) is 0 Å². The monoisotopic (exact) mass is 250 g/mol. The molecule has 0 unspecified atom stereocenters. The summed E-state index contributed by atoms with van der Waals surface area (Å²) < 4.78 is 0. The Morgan fingerprint density at radius 1 is 1.06 bits per heavy atom. The van der Waals surface area contributed by atoms with Crippen LogP contribution < -0.4 is 22.1 Å². The molecule has 0 radical (unpaired) electrons. The predicted octanol–water partition coefficient (Wildman–Crippen LogP) is -0.958. The van der Waals surface area contributed by atoms with Crippen LogP contribution in [0.5, 0.6) is 0 Å². The fourth-order valence-electron chi connectivity index (χ4n) is 1.35. The molecule has 6 N–H and O–H groups in total. The van der Waals surface area contributed by atoms with Gasteiger partial charge in [0, 0.05) is 16.8 Å². The molecule has 0 bridgehead atoms. The summed E-state index contributed by atoms with van der Waals surface area (Å²) in [6, 6.07) is 4.03. The van der Waals surface area contributed by atoms with Crippen molar-refractivity contribution in [1.82, 2.24) is 5.32 Å². The van der Waals surface area contributed by atoms with E-state index in [0.29, 0.717) is 5.69 Å². The van der Waals surface area contributed by atoms with Crippen molar-refractivity contribution >= 4 is 23.4 Å². The highest BCUT2D eigenvalue weighted by atomic mass is 16.2. The summed E-state index contributed by atoms with van der Waals surface area (Å²) in [6.07, 6.45) is 0. The number of hydrogen-bond donors (Lipinski definition) is 4. The van der Waals surface area contributed by atoms with Gasteiger partial charge in [-0.25, -0.2) is 0 Å². The fourth-order valence-corrected chi connectivity index (χ4v) is 1.35. The van der Waals surface area contributed by atoms with Crippen LogP contribution in [-0.4, -0.2) is 31.3 Å². The number of rotatable bonds is 5. The lowest BCUT2D eigenvalue weighted by atomic mass is 10.1. The van der Waals surface area contributed by atoms with Gasteiger partial charge in [0.2, 0.25) is 17.7 Å². The maximum absolute atomic E-state index is 11.4. The highest BCUT2D eigenvalue weighted by Gasteiger charge is 2.10. The number of carbonyl (C=O) groups excluding carboxylic acids is 3. The summed E-state index contributed by atoms with van der Waals surface area (Å²) in [6.45, 7) is 0.104. The zero-order chi connectivity index (χ0) is 13.7. The van der Waals surface area contributed by atoms with E-state index in [4.69, 9.17) is 11.5 Å². The summed E-state index contributed by atoms with van der Waals surface area (Å²) in [5.41, 5.74) is 10.7. The zero-order valence-corrected chi connectivity index (χ0v) is 9.82. The quantitative estimate of drug-likeness (QED) is 0.536. The lowest BCUT2D eigenvalue weighted by molar-refractivity contribution is -0.115. The molecule has 1 aromatic carbocycles. The number of benzene rings is 1. The van der Waals surface area contributed by atoms with Gasteiger partial charge < -0.3 is 22.1 Å². The maximum Gasteiger partial charge on any atom is 0.248 e. The van der Waals surface area contributed by atoms with E-state index in [9.17, 15) is 14.4 Å². The first-order valence-corrected chi connectivity index (χ1v) is 5.13. The van der Waals surface area contributed by atoms with E-state index in [0.717, 1.165) is 0 Å². The Balaban J connectivity index is 3.07. The van der Waals surface area contributed by atoms with Crippen LogP contribution in [0.2, 0.25) is 0 Å². The van der Waals surface area contributed by atoms with Crippen LogP contribution in [0.1, 0.15) is 20.7 Å². The van der Waals surface area contributed by atoms with Crippen molar-refractivity contribution in [3.63, 3.8) is 0 Å². The van der Waals surface area contributed by atoms with Crippen molar-refractivity contribution in [2.75, 3.05) is 18.9 Å². The summed E-state index contributed by atoms with van der Waals surface area (Å²) in [4.78, 5) is 33.5. The molecule has 0 saturated carbocycles. The number of nitrogens with one attached hydrogen (secondary N) is 2. The van der Waals surface area contributed by atoms with Crippen LogP contribution in [0.25, 0.3) is 0 Å². The largest absolute Gasteiger partial charge is 0.366 e. The number of amides is 3. The number of likely N-dealkylation sites (N-methyl/N-ethyl adjacent to an activating group) is 1. The Hall–Kier alpha value is -2.41. The van der Waals surface area contributed by atoms with Gasteiger partial charge in [-0.1, -0.05) is 0 Å². The summed E-state index contributed by atoms with van der Waals surface area (Å²) in [5, 5.41) is 5.18. The normalized spacial score (nSPS) is 9.83. The molecule has 18 heavy (non-hydrogen) atoms. The first kappa shape index (κ1) is 13.7. The molecule has 3 amide bonds. The molecule has 0 aromatic heterocycles. The number of nitrogens with two attached hydrogens (primary N) is 2. The predicted molar refractivity (Wildman–Crippen MR) is 66.0 cm³/mol. The summed E-state index contributed by atoms with van der Waals surface area (Å²) in [5.74, 6) is -1.72. The molecular weight excluding hydrogens is 236 g/mol. The molecule has 96 valence electrons. The van der Waals surface area contributed by atoms with Gasteiger partial charge >= 0.3 is 0 Å². The summed E-state index contributed by atoms with van der Waals surface area (Å²) in [7, 11) is 1.62. The average molecular weight is 250 g/mol. The molecule has 1 rings (SSSR count). The third-order valence-corrected chi connectivity index (χ3v) is 2.12. The third kappa shape index (κ3) is 3.56. The van der Waals surface area contributed by atoms with Crippen molar-refractivity contribution in [2.45, 2.75) is 0 Å². The highest BCUT2D eigenvalue weighted by molar-refractivity contribution is 6.01. The van der Waals surface area contributed by atoms with Crippen molar-refractivity contribution in [1.29, 1.82) is 0 Å². The molecule has 0 aliphatic rings. The van der Waals surface area contributed by atoms with Gasteiger partial charge in [0.25, 0.3) is 0 Å². The van der Waals surface area contributed by atoms with Crippen LogP contribution in [0.4, 0.5) is 5.69 Å². The van der Waals surface area contributed by atoms with Crippen molar-refractivity contribution in [2.24, 2.45) is 11.5 Å². The second-order valence-corrected chi connectivity index (χ2v) is 3.61. The lowest BCUT2D eigenvalue weighted by Crippen LogP contribution is -2.25. The van der Waals surface area contributed by atoms with Gasteiger partial charge in [0.05, 0.1) is 6.54 Å². The molecule has 0 fully saturated rings. The minimum atomic E-state index is -0.706. The first-order valence-electron chi connectivity index (χ1n) is 5.13. The third-order valence-electron chi connectivity index (χ3n) is 2.12. The molecule has 0 saturated heterocycles. The van der Waals surface area contributed by atoms with E-state index in [-0.39, 0.29) is 23.6 Å². The summed E-state index contributed by atoms with van der Waals surface area (Å²) >= 11 is 0. The molecule has 1 aromatic rings. The number of primary amides is 2. The maximum atomic E-state index is 11.4. The first-order chi connectivity index (χ1) is 8.43. The fraction of sp³-hybridized carbons (Fsp3) is 0.182. The lowest BCUT2D eigenvalue weighted by Gasteiger charge is -2.08. The second kappa shape index (κ2) is 5.78. The Bertz CT molecular complexity index is 467. The second-order valence-electron chi connectivity index (χ2n) is 3.61. The van der Waals surface area contributed by atoms with Crippen LogP contribution >= 0.6 is 0 Å². The van der Waals surface area contributed by atoms with E-state index in [1.54, 1.807) is 7.05 Å². The van der Waals surface area contributed by atoms with Gasteiger partial charge in [-0.15, -0.1) is 0 Å². The highest BCUT2D eigenvalue weighted by Crippen LogP contribution is 2.14. The van der Waals surface area contributed by atoms with Crippen LogP contribution in [0, 0.1) is 0 Å². The minimum absolute atomic E-state index is 0.103. The SMILES string of the molecule is CNCC(=O)Nc1cc(C(N)=O)cc(C(N)=O)c1. The Morgan fingerprint density at radius 2 is 1.56 bits per heavy atom. The molecule has 0 aliphatic carbocycles. The Kier molecular flexibility index (Phi) is 4.39. The Labute approximate surface area is 104 Å². The number of anilines is 1. The molecule has 0 spiro atoms. The Morgan fingerprint density at radius 3 is 1.94 bits per heavy atom. The molecular formula is C11H14N4O3. The van der Waals surface area contributed by atoms with Crippen molar-refractivity contribution < 1.29 is 14.4 Å². The molecule has 0 atom stereocenters. The minimum Gasteiger partial charge on any atom is -0.366 e. The standard InChI is InChI=1S/C11H14N4O3/c1-14-5-9(16)15-8-3-6(10(12)17)2-7(4-8)11(13)18/h2-4,14H,5H2,1H3,(H2,12,17)(H2,13,18)(H,15,16). The van der Waals surface area contributed by atoms with Gasteiger partial charge in [0.1, 0.15) is 0 Å². The zero-order valence-electron chi connectivity index (χ0n) is 9.82. The van der Waals surface area contributed by atoms with E-state index in [1.807, 2.05) is 0 Å². The van der Waals surface area contributed by atoms with Crippen LogP contribution in [0.15, 0.2) is 18.2 Å². The molecule has 7 nitrogen and oxygen atoms in total. The van der Waals surface area contributed by atoms with Gasteiger partial charge in [-0.3, -0.25) is 14.4 Å². The van der Waals surface area contributed by atoms with E-state index in [1.165, 1.54) is 18.2 Å².